The molecule has 3 nitrogen and oxygen atoms in total. The predicted molar refractivity (Wildman–Crippen MR) is 83.7 cm³/mol. The largest absolute Gasteiger partial charge is 0.469 e. The first-order chi connectivity index (χ1) is 10.1. The fourth-order valence-electron chi connectivity index (χ4n) is 4.02. The third-order valence-electron chi connectivity index (χ3n) is 5.35. The molecule has 3 aliphatic rings. The summed E-state index contributed by atoms with van der Waals surface area (Å²) in [4.78, 5) is 11.6. The zero-order valence-corrected chi connectivity index (χ0v) is 13.5. The van der Waals surface area contributed by atoms with Gasteiger partial charge in [0.2, 0.25) is 0 Å². The van der Waals surface area contributed by atoms with Crippen LogP contribution in [-0.2, 0) is 9.53 Å². The number of carbonyl (C=O) groups is 1. The van der Waals surface area contributed by atoms with Crippen LogP contribution in [0.2, 0.25) is 0 Å². The van der Waals surface area contributed by atoms with Gasteiger partial charge >= 0.3 is 5.97 Å². The van der Waals surface area contributed by atoms with Crippen molar-refractivity contribution in [2.75, 3.05) is 7.11 Å². The summed E-state index contributed by atoms with van der Waals surface area (Å²) in [6.07, 6.45) is 12.4. The van der Waals surface area contributed by atoms with Crippen LogP contribution in [0.15, 0.2) is 12.2 Å². The normalized spacial score (nSPS) is 32.7. The molecule has 0 amide bonds. The molecule has 21 heavy (non-hydrogen) atoms. The molecular weight excluding hydrogens is 264 g/mol. The van der Waals surface area contributed by atoms with Crippen LogP contribution in [0.5, 0.6) is 0 Å². The van der Waals surface area contributed by atoms with Crippen LogP contribution in [0.3, 0.4) is 0 Å². The van der Waals surface area contributed by atoms with E-state index in [0.29, 0.717) is 24.2 Å². The summed E-state index contributed by atoms with van der Waals surface area (Å²) in [6.45, 7) is 2.17. The molecule has 0 radical (unpaired) electrons. The third-order valence-corrected chi connectivity index (χ3v) is 5.35. The van der Waals surface area contributed by atoms with Crippen LogP contribution >= 0.6 is 0 Å². The van der Waals surface area contributed by atoms with Gasteiger partial charge in [0.15, 0.2) is 0 Å². The first-order valence-corrected chi connectivity index (χ1v) is 8.57. The van der Waals surface area contributed by atoms with Crippen LogP contribution in [0, 0.1) is 23.7 Å². The number of methoxy groups -OCH3 is 1. The summed E-state index contributed by atoms with van der Waals surface area (Å²) in [5.41, 5.74) is 0. The molecule has 0 aromatic heterocycles. The topological polar surface area (TPSA) is 46.5 Å². The molecule has 3 aliphatic carbocycles. The Kier molecular flexibility index (Phi) is 6.28. The van der Waals surface area contributed by atoms with Crippen molar-refractivity contribution in [3.05, 3.63) is 12.2 Å². The van der Waals surface area contributed by atoms with E-state index in [1.165, 1.54) is 39.2 Å². The lowest BCUT2D eigenvalue weighted by atomic mass is 9.55. The Bertz CT molecular complexity index is 357. The average molecular weight is 294 g/mol. The lowest BCUT2D eigenvalue weighted by Crippen LogP contribution is -2.42. The van der Waals surface area contributed by atoms with Gasteiger partial charge in [-0.1, -0.05) is 38.3 Å². The first-order valence-electron chi connectivity index (χ1n) is 8.57. The maximum atomic E-state index is 11.6. The molecule has 3 atom stereocenters. The number of ether oxygens (including phenoxy) is 1. The molecule has 0 aromatic rings. The highest BCUT2D eigenvalue weighted by Gasteiger charge is 2.45. The van der Waals surface area contributed by atoms with Crippen molar-refractivity contribution >= 4 is 5.97 Å². The van der Waals surface area contributed by atoms with E-state index < -0.39 is 0 Å². The maximum Gasteiger partial charge on any atom is 0.305 e. The van der Waals surface area contributed by atoms with Crippen LogP contribution in [0.25, 0.3) is 0 Å². The Labute approximate surface area is 128 Å². The second-order valence-electron chi connectivity index (χ2n) is 6.89. The molecule has 0 aliphatic heterocycles. The number of hydrogen-bond acceptors (Lipinski definition) is 3. The van der Waals surface area contributed by atoms with Gasteiger partial charge < -0.3 is 9.84 Å². The second-order valence-corrected chi connectivity index (χ2v) is 6.89. The average Bonchev–Trinajstić information content (AvgIpc) is 2.45. The number of fused-ring (bicyclic) bond motifs is 2. The van der Waals surface area contributed by atoms with E-state index in [4.69, 9.17) is 4.74 Å². The van der Waals surface area contributed by atoms with E-state index in [1.807, 2.05) is 6.08 Å². The predicted octanol–water partition coefficient (Wildman–Crippen LogP) is 3.71. The van der Waals surface area contributed by atoms with Gasteiger partial charge in [0, 0.05) is 6.42 Å². The molecule has 0 heterocycles. The molecule has 3 rings (SSSR count). The molecule has 3 saturated carbocycles. The Morgan fingerprint density at radius 3 is 2.76 bits per heavy atom. The van der Waals surface area contributed by atoms with E-state index in [2.05, 4.69) is 13.0 Å². The maximum absolute atomic E-state index is 11.6. The van der Waals surface area contributed by atoms with Gasteiger partial charge in [-0.15, -0.1) is 0 Å². The number of aliphatic hydroxyl groups is 1. The Balaban J connectivity index is 1.85. The number of esters is 1. The van der Waals surface area contributed by atoms with Crippen molar-refractivity contribution < 1.29 is 14.6 Å². The van der Waals surface area contributed by atoms with E-state index in [-0.39, 0.29) is 12.1 Å². The molecular formula is C18H30O3. The molecule has 3 heteroatoms. The highest BCUT2D eigenvalue weighted by Crippen LogP contribution is 2.53. The number of allylic oxidation sites excluding steroid dienone is 1. The summed E-state index contributed by atoms with van der Waals surface area (Å²) >= 11 is 0. The minimum absolute atomic E-state index is 0.0905. The van der Waals surface area contributed by atoms with Gasteiger partial charge in [-0.3, -0.25) is 4.79 Å². The van der Waals surface area contributed by atoms with Gasteiger partial charge in [-0.2, -0.15) is 0 Å². The fourth-order valence-corrected chi connectivity index (χ4v) is 4.02. The minimum Gasteiger partial charge on any atom is -0.469 e. The van der Waals surface area contributed by atoms with Gasteiger partial charge in [-0.05, 0) is 49.4 Å². The smallest absolute Gasteiger partial charge is 0.305 e. The molecule has 3 fully saturated rings. The van der Waals surface area contributed by atoms with Gasteiger partial charge in [0.25, 0.3) is 0 Å². The van der Waals surface area contributed by atoms with Crippen molar-refractivity contribution in [1.29, 1.82) is 0 Å². The molecule has 0 aromatic carbocycles. The third kappa shape index (κ3) is 4.57. The number of carbonyl (C=O) groups excluding carboxylic acids is 1. The van der Waals surface area contributed by atoms with Crippen molar-refractivity contribution in [2.45, 2.75) is 64.4 Å². The Morgan fingerprint density at radius 2 is 2.10 bits per heavy atom. The molecule has 1 N–H and O–H groups in total. The second kappa shape index (κ2) is 7.98. The Morgan fingerprint density at radius 1 is 1.33 bits per heavy atom. The summed E-state index contributed by atoms with van der Waals surface area (Å²) in [5.74, 6) is 2.31. The van der Waals surface area contributed by atoms with Crippen LogP contribution in [0.4, 0.5) is 0 Å². The highest BCUT2D eigenvalue weighted by atomic mass is 16.5. The summed E-state index contributed by atoms with van der Waals surface area (Å²) in [6, 6.07) is 0. The van der Waals surface area contributed by atoms with Crippen molar-refractivity contribution in [2.24, 2.45) is 23.7 Å². The molecule has 0 saturated heterocycles. The van der Waals surface area contributed by atoms with Crippen molar-refractivity contribution in [1.82, 2.24) is 0 Å². The van der Waals surface area contributed by atoms with E-state index >= 15 is 0 Å². The Hall–Kier alpha value is -0.830. The number of unbranched alkanes of at least 4 members (excludes halogenated alkanes) is 2. The van der Waals surface area contributed by atoms with Gasteiger partial charge in [-0.25, -0.2) is 0 Å². The van der Waals surface area contributed by atoms with E-state index in [9.17, 15) is 9.90 Å². The first kappa shape index (κ1) is 16.5. The SMILES string of the molecule is CCCCCC(O)/C=C/[C@H]1CC2CC(C2)[C@@H]1CC(=O)OC. The fraction of sp³-hybridized carbons (Fsp3) is 0.833. The van der Waals surface area contributed by atoms with E-state index in [0.717, 1.165) is 18.8 Å². The molecule has 1 unspecified atom stereocenters. The zero-order chi connectivity index (χ0) is 15.2. The molecule has 120 valence electrons. The van der Waals surface area contributed by atoms with E-state index in [1.54, 1.807) is 0 Å². The van der Waals surface area contributed by atoms with Crippen LogP contribution < -0.4 is 0 Å². The lowest BCUT2D eigenvalue weighted by Gasteiger charge is -2.50. The molecule has 2 bridgehead atoms. The zero-order valence-electron chi connectivity index (χ0n) is 13.5. The highest BCUT2D eigenvalue weighted by molar-refractivity contribution is 5.69. The minimum atomic E-state index is -0.325. The monoisotopic (exact) mass is 294 g/mol. The summed E-state index contributed by atoms with van der Waals surface area (Å²) < 4.78 is 4.85. The van der Waals surface area contributed by atoms with Crippen LogP contribution in [0.1, 0.15) is 58.3 Å². The number of aliphatic hydroxyl groups excluding tert-OH is 1. The lowest BCUT2D eigenvalue weighted by molar-refractivity contribution is -0.144. The summed E-state index contributed by atoms with van der Waals surface area (Å²) in [5, 5.41) is 10.0. The standard InChI is InChI=1S/C18H30O3/c1-3-4-5-6-16(19)8-7-14-9-13-10-15(11-13)17(14)12-18(20)21-2/h7-8,13-17,19H,3-6,9-12H2,1-2H3/b8-7+/t13?,14-,15?,16?,17+/m0/s1. The summed E-state index contributed by atoms with van der Waals surface area (Å²) in [7, 11) is 1.47. The number of hydrogen-bond donors (Lipinski definition) is 1. The van der Waals surface area contributed by atoms with Crippen molar-refractivity contribution in [3.63, 3.8) is 0 Å². The number of rotatable bonds is 8. The van der Waals surface area contributed by atoms with Crippen LogP contribution in [-0.4, -0.2) is 24.3 Å². The van der Waals surface area contributed by atoms with Gasteiger partial charge in [0.1, 0.15) is 0 Å². The van der Waals surface area contributed by atoms with Crippen molar-refractivity contribution in [3.8, 4) is 0 Å². The quantitative estimate of drug-likeness (QED) is 0.422. The molecule has 0 spiro atoms. The van der Waals surface area contributed by atoms with Gasteiger partial charge in [0.05, 0.1) is 13.2 Å².